The Balaban J connectivity index is 2.19. The van der Waals surface area contributed by atoms with Crippen molar-refractivity contribution < 1.29 is 0 Å². The van der Waals surface area contributed by atoms with E-state index in [9.17, 15) is 0 Å². The molecule has 3 heteroatoms. The first-order valence-electron chi connectivity index (χ1n) is 4.86. The van der Waals surface area contributed by atoms with Gasteiger partial charge in [-0.15, -0.1) is 0 Å². The van der Waals surface area contributed by atoms with Crippen molar-refractivity contribution in [3.63, 3.8) is 0 Å². The van der Waals surface area contributed by atoms with Crippen LogP contribution in [-0.2, 0) is 0 Å². The number of hydrogen-bond donors (Lipinski definition) is 2. The number of aryl methyl sites for hydroxylation is 1. The van der Waals surface area contributed by atoms with Crippen LogP contribution in [0, 0.1) is 6.92 Å². The smallest absolute Gasteiger partial charge is 0.128 e. The zero-order chi connectivity index (χ0) is 9.97. The van der Waals surface area contributed by atoms with Gasteiger partial charge in [0.15, 0.2) is 0 Å². The SMILES string of the molecule is Cc1ccc(C2=NCC(N)CN2)cc1. The molecule has 2 rings (SSSR count). The van der Waals surface area contributed by atoms with Crippen molar-refractivity contribution >= 4 is 5.84 Å². The van der Waals surface area contributed by atoms with E-state index in [0.717, 1.165) is 24.5 Å². The number of aliphatic imine (C=N–C) groups is 1. The van der Waals surface area contributed by atoms with Crippen molar-refractivity contribution in [1.82, 2.24) is 5.32 Å². The minimum atomic E-state index is 0.157. The van der Waals surface area contributed by atoms with Crippen LogP contribution in [0.3, 0.4) is 0 Å². The largest absolute Gasteiger partial charge is 0.368 e. The molecule has 3 N–H and O–H groups in total. The molecule has 0 saturated heterocycles. The van der Waals surface area contributed by atoms with Gasteiger partial charge in [-0.2, -0.15) is 0 Å². The van der Waals surface area contributed by atoms with Gasteiger partial charge in [0.2, 0.25) is 0 Å². The molecular formula is C11H15N3. The lowest BCUT2D eigenvalue weighted by atomic mass is 10.1. The van der Waals surface area contributed by atoms with E-state index in [0.29, 0.717) is 0 Å². The van der Waals surface area contributed by atoms with Crippen LogP contribution < -0.4 is 11.1 Å². The van der Waals surface area contributed by atoms with E-state index in [-0.39, 0.29) is 6.04 Å². The minimum Gasteiger partial charge on any atom is -0.368 e. The number of nitrogens with zero attached hydrogens (tertiary/aromatic N) is 1. The van der Waals surface area contributed by atoms with Gasteiger partial charge in [0.1, 0.15) is 5.84 Å². The fourth-order valence-corrected chi connectivity index (χ4v) is 1.46. The first-order chi connectivity index (χ1) is 6.75. The molecule has 0 bridgehead atoms. The number of amidine groups is 1. The maximum absolute atomic E-state index is 5.73. The normalized spacial score (nSPS) is 21.3. The molecule has 3 nitrogen and oxygen atoms in total. The predicted molar refractivity (Wildman–Crippen MR) is 58.6 cm³/mol. The second-order valence-corrected chi connectivity index (χ2v) is 3.70. The molecule has 0 saturated carbocycles. The van der Waals surface area contributed by atoms with E-state index < -0.39 is 0 Å². The summed E-state index contributed by atoms with van der Waals surface area (Å²) in [5.41, 5.74) is 8.14. The van der Waals surface area contributed by atoms with E-state index in [2.05, 4.69) is 41.5 Å². The summed E-state index contributed by atoms with van der Waals surface area (Å²) in [6.07, 6.45) is 0. The van der Waals surface area contributed by atoms with Gasteiger partial charge in [0.25, 0.3) is 0 Å². The molecule has 74 valence electrons. The number of rotatable bonds is 1. The van der Waals surface area contributed by atoms with Crippen LogP contribution in [0.2, 0.25) is 0 Å². The molecule has 0 radical (unpaired) electrons. The average molecular weight is 189 g/mol. The van der Waals surface area contributed by atoms with Crippen molar-refractivity contribution in [1.29, 1.82) is 0 Å². The second kappa shape index (κ2) is 3.80. The molecule has 0 amide bonds. The molecule has 1 aliphatic rings. The molecule has 0 fully saturated rings. The Morgan fingerprint density at radius 2 is 2.07 bits per heavy atom. The van der Waals surface area contributed by atoms with Crippen molar-refractivity contribution in [2.24, 2.45) is 10.7 Å². The average Bonchev–Trinajstić information content (AvgIpc) is 2.21. The fourth-order valence-electron chi connectivity index (χ4n) is 1.46. The number of nitrogens with one attached hydrogen (secondary N) is 1. The summed E-state index contributed by atoms with van der Waals surface area (Å²) in [4.78, 5) is 4.39. The van der Waals surface area contributed by atoms with Crippen molar-refractivity contribution in [3.8, 4) is 0 Å². The van der Waals surface area contributed by atoms with Crippen molar-refractivity contribution in [3.05, 3.63) is 35.4 Å². The Labute approximate surface area is 84.0 Å². The molecule has 0 aromatic heterocycles. The van der Waals surface area contributed by atoms with Crippen LogP contribution in [0.1, 0.15) is 11.1 Å². The highest BCUT2D eigenvalue weighted by Gasteiger charge is 2.11. The zero-order valence-electron chi connectivity index (χ0n) is 8.33. The molecule has 0 spiro atoms. The monoisotopic (exact) mass is 189 g/mol. The third-order valence-electron chi connectivity index (χ3n) is 2.34. The summed E-state index contributed by atoms with van der Waals surface area (Å²) >= 11 is 0. The summed E-state index contributed by atoms with van der Waals surface area (Å²) in [5.74, 6) is 0.965. The third kappa shape index (κ3) is 1.93. The summed E-state index contributed by atoms with van der Waals surface area (Å²) in [6.45, 7) is 3.61. The highest BCUT2D eigenvalue weighted by atomic mass is 15.1. The van der Waals surface area contributed by atoms with Gasteiger partial charge in [-0.05, 0) is 6.92 Å². The Kier molecular flexibility index (Phi) is 2.50. The standard InChI is InChI=1S/C11H15N3/c1-8-2-4-9(5-3-8)11-13-6-10(12)7-14-11/h2-5,10H,6-7,12H2,1H3,(H,13,14). The van der Waals surface area contributed by atoms with Gasteiger partial charge in [-0.3, -0.25) is 4.99 Å². The molecule has 1 aromatic rings. The molecule has 1 aromatic carbocycles. The van der Waals surface area contributed by atoms with Crippen LogP contribution in [0.25, 0.3) is 0 Å². The topological polar surface area (TPSA) is 50.4 Å². The van der Waals surface area contributed by atoms with Gasteiger partial charge in [-0.1, -0.05) is 29.8 Å². The highest BCUT2D eigenvalue weighted by molar-refractivity contribution is 5.99. The van der Waals surface area contributed by atoms with E-state index in [1.54, 1.807) is 0 Å². The van der Waals surface area contributed by atoms with Crippen LogP contribution in [-0.4, -0.2) is 25.0 Å². The van der Waals surface area contributed by atoms with Crippen LogP contribution >= 0.6 is 0 Å². The van der Waals surface area contributed by atoms with Crippen LogP contribution in [0.15, 0.2) is 29.3 Å². The summed E-state index contributed by atoms with van der Waals surface area (Å²) < 4.78 is 0. The first-order valence-corrected chi connectivity index (χ1v) is 4.86. The van der Waals surface area contributed by atoms with E-state index in [1.165, 1.54) is 5.56 Å². The van der Waals surface area contributed by atoms with Crippen molar-refractivity contribution in [2.75, 3.05) is 13.1 Å². The molecule has 1 heterocycles. The van der Waals surface area contributed by atoms with Gasteiger partial charge in [0, 0.05) is 18.2 Å². The molecule has 1 atom stereocenters. The zero-order valence-corrected chi connectivity index (χ0v) is 8.33. The van der Waals surface area contributed by atoms with Gasteiger partial charge >= 0.3 is 0 Å². The molecular weight excluding hydrogens is 174 g/mol. The van der Waals surface area contributed by atoms with E-state index in [4.69, 9.17) is 5.73 Å². The Morgan fingerprint density at radius 1 is 1.36 bits per heavy atom. The van der Waals surface area contributed by atoms with Gasteiger partial charge in [0.05, 0.1) is 6.54 Å². The molecule has 1 aliphatic heterocycles. The van der Waals surface area contributed by atoms with Crippen LogP contribution in [0.4, 0.5) is 0 Å². The van der Waals surface area contributed by atoms with Gasteiger partial charge in [-0.25, -0.2) is 0 Å². The Morgan fingerprint density at radius 3 is 2.64 bits per heavy atom. The second-order valence-electron chi connectivity index (χ2n) is 3.70. The van der Waals surface area contributed by atoms with E-state index >= 15 is 0 Å². The number of benzene rings is 1. The lowest BCUT2D eigenvalue weighted by Gasteiger charge is -2.19. The fraction of sp³-hybridized carbons (Fsp3) is 0.364. The molecule has 1 unspecified atom stereocenters. The molecule has 14 heavy (non-hydrogen) atoms. The Bertz CT molecular complexity index is 340. The number of hydrogen-bond acceptors (Lipinski definition) is 3. The van der Waals surface area contributed by atoms with Crippen molar-refractivity contribution in [2.45, 2.75) is 13.0 Å². The molecule has 0 aliphatic carbocycles. The maximum atomic E-state index is 5.73. The van der Waals surface area contributed by atoms with Crippen LogP contribution in [0.5, 0.6) is 0 Å². The van der Waals surface area contributed by atoms with Gasteiger partial charge < -0.3 is 11.1 Å². The summed E-state index contributed by atoms with van der Waals surface area (Å²) in [6, 6.07) is 8.50. The minimum absolute atomic E-state index is 0.157. The highest BCUT2D eigenvalue weighted by Crippen LogP contribution is 2.05. The quantitative estimate of drug-likeness (QED) is 0.682. The summed E-state index contributed by atoms with van der Waals surface area (Å²) in [7, 11) is 0. The Hall–Kier alpha value is -1.35. The lowest BCUT2D eigenvalue weighted by Crippen LogP contribution is -2.44. The number of nitrogens with two attached hydrogens (primary N) is 1. The first kappa shape index (κ1) is 9.21. The maximum Gasteiger partial charge on any atom is 0.128 e. The summed E-state index contributed by atoms with van der Waals surface area (Å²) in [5, 5.41) is 3.23. The lowest BCUT2D eigenvalue weighted by molar-refractivity contribution is 0.628. The predicted octanol–water partition coefficient (Wildman–Crippen LogP) is 0.672. The van der Waals surface area contributed by atoms with E-state index in [1.807, 2.05) is 0 Å². The third-order valence-corrected chi connectivity index (χ3v) is 2.34.